The number of hydrogen-bond acceptors (Lipinski definition) is 3. The van der Waals surface area contributed by atoms with Crippen LogP contribution >= 0.6 is 11.6 Å². The van der Waals surface area contributed by atoms with Gasteiger partial charge in [-0.3, -0.25) is 4.98 Å². The average molecular weight is 340 g/mol. The summed E-state index contributed by atoms with van der Waals surface area (Å²) >= 11 is 6.04. The number of rotatable bonds is 6. The number of aromatic nitrogens is 1. The van der Waals surface area contributed by atoms with Gasteiger partial charge in [0.15, 0.2) is 0 Å². The smallest absolute Gasteiger partial charge is 0.0737 e. The quantitative estimate of drug-likeness (QED) is 0.758. The van der Waals surface area contributed by atoms with Gasteiger partial charge in [0.2, 0.25) is 0 Å². The molecule has 0 unspecified atom stereocenters. The fourth-order valence-corrected chi connectivity index (χ4v) is 3.93. The van der Waals surface area contributed by atoms with E-state index >= 15 is 0 Å². The van der Waals surface area contributed by atoms with Crippen molar-refractivity contribution in [1.82, 2.24) is 10.3 Å². The molecule has 124 valence electrons. The van der Waals surface area contributed by atoms with Crippen LogP contribution in [0.5, 0.6) is 0 Å². The molecule has 0 atom stereocenters. The maximum atomic E-state index is 6.04. The molecule has 1 aromatic carbocycles. The molecule has 2 aliphatic rings. The minimum absolute atomic E-state index is 0.655. The van der Waals surface area contributed by atoms with Gasteiger partial charge in [-0.1, -0.05) is 34.9 Å². The first-order chi connectivity index (χ1) is 11.8. The van der Waals surface area contributed by atoms with Crippen LogP contribution in [-0.4, -0.2) is 24.6 Å². The third-order valence-corrected chi connectivity index (χ3v) is 5.24. The van der Waals surface area contributed by atoms with E-state index in [4.69, 9.17) is 11.6 Å². The molecule has 0 amide bonds. The molecule has 0 spiro atoms. The Morgan fingerprint density at radius 1 is 1.08 bits per heavy atom. The van der Waals surface area contributed by atoms with Crippen LogP contribution in [0.2, 0.25) is 5.02 Å². The molecule has 1 saturated carbocycles. The van der Waals surface area contributed by atoms with E-state index in [0.29, 0.717) is 5.92 Å². The predicted octanol–water partition coefficient (Wildman–Crippen LogP) is 4.56. The fourth-order valence-electron chi connectivity index (χ4n) is 3.77. The van der Waals surface area contributed by atoms with E-state index in [0.717, 1.165) is 41.2 Å². The van der Waals surface area contributed by atoms with Gasteiger partial charge in [-0.2, -0.15) is 0 Å². The Balaban J connectivity index is 1.29. The highest BCUT2D eigenvalue weighted by atomic mass is 35.5. The fraction of sp³-hybridized carbons (Fsp3) is 0.350. The monoisotopic (exact) mass is 339 g/mol. The summed E-state index contributed by atoms with van der Waals surface area (Å²) in [7, 11) is 0. The number of halogens is 1. The van der Waals surface area contributed by atoms with E-state index < -0.39 is 0 Å². The summed E-state index contributed by atoms with van der Waals surface area (Å²) in [5.74, 6) is 0.655. The second-order valence-electron chi connectivity index (χ2n) is 6.54. The Kier molecular flexibility index (Phi) is 4.54. The zero-order valence-electron chi connectivity index (χ0n) is 13.7. The normalized spacial score (nSPS) is 17.0. The first kappa shape index (κ1) is 15.7. The molecule has 4 heteroatoms. The van der Waals surface area contributed by atoms with Gasteiger partial charge in [-0.15, -0.1) is 0 Å². The molecule has 1 heterocycles. The van der Waals surface area contributed by atoms with E-state index in [-0.39, 0.29) is 0 Å². The molecule has 2 aliphatic carbocycles. The van der Waals surface area contributed by atoms with Crippen LogP contribution in [0.1, 0.15) is 19.3 Å². The molecule has 0 radical (unpaired) electrons. The van der Waals surface area contributed by atoms with E-state index in [2.05, 4.69) is 27.8 Å². The Labute approximate surface area is 147 Å². The van der Waals surface area contributed by atoms with E-state index in [1.807, 2.05) is 30.5 Å². The van der Waals surface area contributed by atoms with Crippen LogP contribution < -0.4 is 10.6 Å². The van der Waals surface area contributed by atoms with Crippen molar-refractivity contribution < 1.29 is 0 Å². The minimum Gasteiger partial charge on any atom is -0.383 e. The summed E-state index contributed by atoms with van der Waals surface area (Å²) in [4.78, 5) is 4.38. The van der Waals surface area contributed by atoms with Crippen molar-refractivity contribution in [3.05, 3.63) is 58.8 Å². The first-order valence-electron chi connectivity index (χ1n) is 8.69. The largest absolute Gasteiger partial charge is 0.383 e. The number of pyridine rings is 1. The second kappa shape index (κ2) is 6.96. The molecular weight excluding hydrogens is 318 g/mol. The number of fused-ring (bicyclic) bond motifs is 3. The molecule has 2 bridgehead atoms. The zero-order chi connectivity index (χ0) is 16.4. The lowest BCUT2D eigenvalue weighted by Gasteiger charge is -2.25. The molecule has 3 nitrogen and oxygen atoms in total. The highest BCUT2D eigenvalue weighted by Gasteiger charge is 2.25. The number of nitrogens with one attached hydrogen (secondary N) is 2. The summed E-state index contributed by atoms with van der Waals surface area (Å²) in [5.41, 5.74) is 5.28. The highest BCUT2D eigenvalue weighted by molar-refractivity contribution is 6.31. The van der Waals surface area contributed by atoms with Gasteiger partial charge in [0.05, 0.1) is 5.52 Å². The molecule has 2 aromatic rings. The SMILES string of the molecule is Clc1ccc2c(NCCNCC3C4=CC=C3CCC4)ccnc2c1. The van der Waals surface area contributed by atoms with Crippen molar-refractivity contribution in [2.45, 2.75) is 19.3 Å². The molecule has 0 aliphatic heterocycles. The minimum atomic E-state index is 0.655. The zero-order valence-corrected chi connectivity index (χ0v) is 14.4. The van der Waals surface area contributed by atoms with Crippen molar-refractivity contribution in [2.75, 3.05) is 25.0 Å². The van der Waals surface area contributed by atoms with Crippen LogP contribution in [0, 0.1) is 5.92 Å². The maximum absolute atomic E-state index is 6.04. The number of hydrogen-bond donors (Lipinski definition) is 2. The van der Waals surface area contributed by atoms with Gasteiger partial charge in [0.25, 0.3) is 0 Å². The standard InChI is InChI=1S/C20H22ClN3/c21-16-6-7-17-19(8-9-23-20(17)12-16)24-11-10-22-13-18-14-2-1-3-15(18)5-4-14/h4-9,12,18,22H,1-3,10-11,13H2,(H,23,24). The summed E-state index contributed by atoms with van der Waals surface area (Å²) in [5, 5.41) is 8.95. The number of allylic oxidation sites excluding steroid dienone is 2. The highest BCUT2D eigenvalue weighted by Crippen LogP contribution is 2.38. The summed E-state index contributed by atoms with van der Waals surface area (Å²) in [6.07, 6.45) is 10.4. The number of benzene rings is 1. The molecule has 2 N–H and O–H groups in total. The van der Waals surface area contributed by atoms with Crippen molar-refractivity contribution in [3.8, 4) is 0 Å². The summed E-state index contributed by atoms with van der Waals surface area (Å²) in [6.45, 7) is 2.91. The van der Waals surface area contributed by atoms with E-state index in [9.17, 15) is 0 Å². The van der Waals surface area contributed by atoms with Crippen molar-refractivity contribution in [2.24, 2.45) is 5.92 Å². The van der Waals surface area contributed by atoms with Crippen LogP contribution in [0.3, 0.4) is 0 Å². The van der Waals surface area contributed by atoms with E-state index in [1.54, 1.807) is 11.1 Å². The molecule has 0 saturated heterocycles. The molecule has 1 aromatic heterocycles. The van der Waals surface area contributed by atoms with Crippen molar-refractivity contribution in [3.63, 3.8) is 0 Å². The average Bonchev–Trinajstić information content (AvgIpc) is 2.81. The van der Waals surface area contributed by atoms with Crippen LogP contribution in [0.25, 0.3) is 10.9 Å². The third kappa shape index (κ3) is 3.19. The third-order valence-electron chi connectivity index (χ3n) is 5.01. The first-order valence-corrected chi connectivity index (χ1v) is 9.07. The number of nitrogens with zero attached hydrogens (tertiary/aromatic N) is 1. The van der Waals surface area contributed by atoms with Gasteiger partial charge >= 0.3 is 0 Å². The second-order valence-corrected chi connectivity index (χ2v) is 6.98. The Morgan fingerprint density at radius 2 is 1.92 bits per heavy atom. The van der Waals surface area contributed by atoms with Crippen molar-refractivity contribution >= 4 is 28.2 Å². The van der Waals surface area contributed by atoms with Crippen LogP contribution in [0.15, 0.2) is 53.8 Å². The molecule has 4 rings (SSSR count). The molecule has 1 fully saturated rings. The Hall–Kier alpha value is -1.84. The van der Waals surface area contributed by atoms with Crippen LogP contribution in [0.4, 0.5) is 5.69 Å². The van der Waals surface area contributed by atoms with Gasteiger partial charge in [0, 0.05) is 47.8 Å². The predicted molar refractivity (Wildman–Crippen MR) is 102 cm³/mol. The van der Waals surface area contributed by atoms with Gasteiger partial charge in [0.1, 0.15) is 0 Å². The van der Waals surface area contributed by atoms with Crippen LogP contribution in [-0.2, 0) is 0 Å². The molecule has 24 heavy (non-hydrogen) atoms. The molecular formula is C20H22ClN3. The van der Waals surface area contributed by atoms with Gasteiger partial charge < -0.3 is 10.6 Å². The van der Waals surface area contributed by atoms with Gasteiger partial charge in [-0.25, -0.2) is 0 Å². The van der Waals surface area contributed by atoms with Gasteiger partial charge in [-0.05, 0) is 43.5 Å². The maximum Gasteiger partial charge on any atom is 0.0737 e. The number of anilines is 1. The summed E-state index contributed by atoms with van der Waals surface area (Å²) < 4.78 is 0. The summed E-state index contributed by atoms with van der Waals surface area (Å²) in [6, 6.07) is 7.86. The van der Waals surface area contributed by atoms with E-state index in [1.165, 1.54) is 19.3 Å². The lowest BCUT2D eigenvalue weighted by atomic mass is 9.84. The Bertz CT molecular complexity index is 790. The van der Waals surface area contributed by atoms with Crippen molar-refractivity contribution in [1.29, 1.82) is 0 Å². The topological polar surface area (TPSA) is 37.0 Å². The Morgan fingerprint density at radius 3 is 2.75 bits per heavy atom. The lowest BCUT2D eigenvalue weighted by molar-refractivity contribution is 0.533. The lowest BCUT2D eigenvalue weighted by Crippen LogP contribution is -2.30.